The highest BCUT2D eigenvalue weighted by Gasteiger charge is 2.19. The van der Waals surface area contributed by atoms with Crippen LogP contribution in [0.1, 0.15) is 37.2 Å². The van der Waals surface area contributed by atoms with Gasteiger partial charge in [-0.05, 0) is 68.9 Å². The first kappa shape index (κ1) is 17.1. The van der Waals surface area contributed by atoms with Gasteiger partial charge >= 0.3 is 0 Å². The van der Waals surface area contributed by atoms with Gasteiger partial charge in [-0.1, -0.05) is 36.4 Å². The fourth-order valence-corrected chi connectivity index (χ4v) is 3.81. The van der Waals surface area contributed by atoms with E-state index in [4.69, 9.17) is 4.74 Å². The van der Waals surface area contributed by atoms with Gasteiger partial charge in [0, 0.05) is 12.3 Å². The minimum absolute atomic E-state index is 0.722. The van der Waals surface area contributed by atoms with Crippen LogP contribution in [0.4, 0.5) is 0 Å². The summed E-state index contributed by atoms with van der Waals surface area (Å²) in [5, 5.41) is 4.42. The highest BCUT2D eigenvalue weighted by molar-refractivity contribution is 5.48. The number of hydrogen-bond donors (Lipinski definition) is 0. The van der Waals surface area contributed by atoms with Crippen LogP contribution in [0.5, 0.6) is 5.88 Å². The van der Waals surface area contributed by atoms with Gasteiger partial charge in [0.2, 0.25) is 5.88 Å². The van der Waals surface area contributed by atoms with Crippen LogP contribution >= 0.6 is 0 Å². The fraction of sp³-hybridized carbons (Fsp3) is 0.409. The molecule has 3 heterocycles. The summed E-state index contributed by atoms with van der Waals surface area (Å²) in [5.41, 5.74) is 2.58. The van der Waals surface area contributed by atoms with E-state index in [0.717, 1.165) is 30.3 Å². The van der Waals surface area contributed by atoms with Crippen LogP contribution in [0, 0.1) is 0 Å². The Bertz CT molecular complexity index is 773. The summed E-state index contributed by atoms with van der Waals surface area (Å²) in [6, 6.07) is 19.0. The molecule has 1 aliphatic heterocycles. The van der Waals surface area contributed by atoms with Crippen molar-refractivity contribution in [2.24, 2.45) is 0 Å². The Balaban J connectivity index is 1.13. The molecule has 4 rings (SSSR count). The number of likely N-dealkylation sites (tertiary alicyclic amines) is 1. The van der Waals surface area contributed by atoms with E-state index in [9.17, 15) is 0 Å². The third-order valence-electron chi connectivity index (χ3n) is 5.32. The molecular weight excluding hydrogens is 322 g/mol. The molecule has 0 aliphatic carbocycles. The number of fused-ring (bicyclic) bond motifs is 1. The quantitative estimate of drug-likeness (QED) is 0.593. The Morgan fingerprint density at radius 3 is 2.58 bits per heavy atom. The van der Waals surface area contributed by atoms with E-state index in [1.165, 1.54) is 44.5 Å². The predicted octanol–water partition coefficient (Wildman–Crippen LogP) is 4.37. The molecule has 1 fully saturated rings. The molecule has 0 radical (unpaired) electrons. The van der Waals surface area contributed by atoms with Crippen LogP contribution in [0.15, 0.2) is 60.8 Å². The second kappa shape index (κ2) is 8.37. The molecule has 2 aromatic heterocycles. The number of rotatable bonds is 7. The van der Waals surface area contributed by atoms with Gasteiger partial charge in [-0.15, -0.1) is 5.10 Å². The van der Waals surface area contributed by atoms with Gasteiger partial charge < -0.3 is 9.64 Å². The number of benzene rings is 1. The van der Waals surface area contributed by atoms with Gasteiger partial charge in [0.05, 0.1) is 12.1 Å². The number of unbranched alkanes of at least 4 members (excludes halogenated alkanes) is 1. The van der Waals surface area contributed by atoms with E-state index >= 15 is 0 Å². The maximum absolute atomic E-state index is 5.80. The molecule has 4 heteroatoms. The third kappa shape index (κ3) is 4.25. The number of hydrogen-bond acceptors (Lipinski definition) is 3. The van der Waals surface area contributed by atoms with Crippen LogP contribution < -0.4 is 4.74 Å². The smallest absolute Gasteiger partial charge is 0.233 e. The number of ether oxygens (including phenoxy) is 1. The first-order valence-electron chi connectivity index (χ1n) is 9.73. The zero-order valence-electron chi connectivity index (χ0n) is 15.3. The van der Waals surface area contributed by atoms with E-state index in [-0.39, 0.29) is 0 Å². The van der Waals surface area contributed by atoms with Crippen molar-refractivity contribution in [3.63, 3.8) is 0 Å². The number of aromatic nitrogens is 2. The Labute approximate surface area is 155 Å². The lowest BCUT2D eigenvalue weighted by Gasteiger charge is -2.32. The summed E-state index contributed by atoms with van der Waals surface area (Å²) in [4.78, 5) is 2.60. The molecule has 136 valence electrons. The van der Waals surface area contributed by atoms with Crippen LogP contribution in [0.25, 0.3) is 5.52 Å². The first-order chi connectivity index (χ1) is 12.9. The second-order valence-corrected chi connectivity index (χ2v) is 7.13. The number of piperidine rings is 1. The topological polar surface area (TPSA) is 29.8 Å². The Morgan fingerprint density at radius 2 is 1.77 bits per heavy atom. The minimum atomic E-state index is 0.722. The third-order valence-corrected chi connectivity index (χ3v) is 5.32. The van der Waals surface area contributed by atoms with Crippen LogP contribution in [-0.2, 0) is 0 Å². The predicted molar refractivity (Wildman–Crippen MR) is 105 cm³/mol. The minimum Gasteiger partial charge on any atom is -0.477 e. The van der Waals surface area contributed by atoms with Crippen LogP contribution in [0.2, 0.25) is 0 Å². The standard InChI is InChI=1S/C22H27N3O/c1-2-8-19(9-3-1)20-11-15-24(16-12-20)13-6-7-17-26-22-18-21-10-4-5-14-25(21)23-22/h1-5,8-10,14,18,20H,6-7,11-13,15-17H2. The SMILES string of the molecule is c1ccc(C2CCN(CCCCOc3cc4ccccn4n3)CC2)cc1. The molecule has 26 heavy (non-hydrogen) atoms. The van der Waals surface area contributed by atoms with Crippen LogP contribution in [0.3, 0.4) is 0 Å². The van der Waals surface area contributed by atoms with E-state index < -0.39 is 0 Å². The van der Waals surface area contributed by atoms with Crippen molar-refractivity contribution >= 4 is 5.52 Å². The Morgan fingerprint density at radius 1 is 0.962 bits per heavy atom. The summed E-state index contributed by atoms with van der Waals surface area (Å²) < 4.78 is 7.66. The van der Waals surface area contributed by atoms with Gasteiger partial charge in [-0.2, -0.15) is 0 Å². The molecule has 1 aliphatic rings. The zero-order valence-corrected chi connectivity index (χ0v) is 15.3. The highest BCUT2D eigenvalue weighted by atomic mass is 16.5. The summed E-state index contributed by atoms with van der Waals surface area (Å²) >= 11 is 0. The summed E-state index contributed by atoms with van der Waals surface area (Å²) in [6.07, 6.45) is 6.76. The lowest BCUT2D eigenvalue weighted by molar-refractivity contribution is 0.201. The van der Waals surface area contributed by atoms with Crippen molar-refractivity contribution in [2.75, 3.05) is 26.2 Å². The lowest BCUT2D eigenvalue weighted by Crippen LogP contribution is -2.33. The van der Waals surface area contributed by atoms with E-state index in [1.807, 2.05) is 35.0 Å². The van der Waals surface area contributed by atoms with E-state index in [0.29, 0.717) is 0 Å². The van der Waals surface area contributed by atoms with Gasteiger partial charge in [0.15, 0.2) is 0 Å². The number of nitrogens with zero attached hydrogens (tertiary/aromatic N) is 3. The van der Waals surface area contributed by atoms with Gasteiger partial charge in [-0.25, -0.2) is 4.52 Å². The molecular formula is C22H27N3O. The van der Waals surface area contributed by atoms with Crippen molar-refractivity contribution in [1.29, 1.82) is 0 Å². The molecule has 0 unspecified atom stereocenters. The first-order valence-corrected chi connectivity index (χ1v) is 9.73. The maximum Gasteiger partial charge on any atom is 0.233 e. The normalized spacial score (nSPS) is 16.2. The van der Waals surface area contributed by atoms with Crippen molar-refractivity contribution in [1.82, 2.24) is 14.5 Å². The van der Waals surface area contributed by atoms with Crippen molar-refractivity contribution < 1.29 is 4.74 Å². The van der Waals surface area contributed by atoms with Gasteiger partial charge in [0.25, 0.3) is 0 Å². The van der Waals surface area contributed by atoms with Crippen molar-refractivity contribution in [3.05, 3.63) is 66.4 Å². The van der Waals surface area contributed by atoms with Gasteiger partial charge in [-0.3, -0.25) is 0 Å². The summed E-state index contributed by atoms with van der Waals surface area (Å²) in [7, 11) is 0. The summed E-state index contributed by atoms with van der Waals surface area (Å²) in [5.74, 6) is 1.46. The molecule has 4 nitrogen and oxygen atoms in total. The molecule has 1 saturated heterocycles. The van der Waals surface area contributed by atoms with Crippen molar-refractivity contribution in [2.45, 2.75) is 31.6 Å². The van der Waals surface area contributed by atoms with Crippen LogP contribution in [-0.4, -0.2) is 40.8 Å². The average Bonchev–Trinajstić information content (AvgIpc) is 3.12. The summed E-state index contributed by atoms with van der Waals surface area (Å²) in [6.45, 7) is 4.35. The zero-order chi connectivity index (χ0) is 17.6. The average molecular weight is 349 g/mol. The largest absolute Gasteiger partial charge is 0.477 e. The molecule has 0 spiro atoms. The molecule has 0 atom stereocenters. The highest BCUT2D eigenvalue weighted by Crippen LogP contribution is 2.27. The Kier molecular flexibility index (Phi) is 5.50. The Hall–Kier alpha value is -2.33. The molecule has 0 amide bonds. The lowest BCUT2D eigenvalue weighted by atomic mass is 9.89. The molecule has 3 aromatic rings. The fourth-order valence-electron chi connectivity index (χ4n) is 3.81. The maximum atomic E-state index is 5.80. The number of pyridine rings is 1. The van der Waals surface area contributed by atoms with E-state index in [2.05, 4.69) is 40.3 Å². The molecule has 0 N–H and O–H groups in total. The van der Waals surface area contributed by atoms with E-state index in [1.54, 1.807) is 0 Å². The monoisotopic (exact) mass is 349 g/mol. The molecule has 0 saturated carbocycles. The molecule has 1 aromatic carbocycles. The second-order valence-electron chi connectivity index (χ2n) is 7.13. The van der Waals surface area contributed by atoms with Gasteiger partial charge in [0.1, 0.15) is 0 Å². The molecule has 0 bridgehead atoms. The van der Waals surface area contributed by atoms with Crippen molar-refractivity contribution in [3.8, 4) is 5.88 Å².